The van der Waals surface area contributed by atoms with E-state index < -0.39 is 0 Å². The number of hydrogen-bond donors (Lipinski definition) is 0. The average molecular weight is 394 g/mol. The highest BCUT2D eigenvalue weighted by atomic mass is 16.5. The van der Waals surface area contributed by atoms with E-state index >= 15 is 0 Å². The second-order valence-electron chi connectivity index (χ2n) is 9.79. The molecule has 0 unspecified atom stereocenters. The minimum atomic E-state index is -0.144. The van der Waals surface area contributed by atoms with E-state index in [1.807, 2.05) is 24.3 Å². The molecular weight excluding hydrogens is 362 g/mol. The monoisotopic (exact) mass is 393 g/mol. The highest BCUT2D eigenvalue weighted by molar-refractivity contribution is 5.77. The predicted molar refractivity (Wildman–Crippen MR) is 111 cm³/mol. The van der Waals surface area contributed by atoms with Crippen molar-refractivity contribution in [1.29, 1.82) is 5.26 Å². The van der Waals surface area contributed by atoms with Gasteiger partial charge < -0.3 is 9.64 Å². The van der Waals surface area contributed by atoms with E-state index in [0.717, 1.165) is 81.0 Å². The summed E-state index contributed by atoms with van der Waals surface area (Å²) in [4.78, 5) is 17.6. The van der Waals surface area contributed by atoms with Gasteiger partial charge in [0.05, 0.1) is 16.7 Å². The Balaban J connectivity index is 1.09. The molecule has 5 aliphatic rings. The highest BCUT2D eigenvalue weighted by Gasteiger charge is 2.55. The van der Waals surface area contributed by atoms with Crippen LogP contribution in [0.15, 0.2) is 24.3 Å². The number of ether oxygens (including phenoxy) is 1. The number of anilines is 1. The van der Waals surface area contributed by atoms with Gasteiger partial charge in [-0.3, -0.25) is 9.69 Å². The summed E-state index contributed by atoms with van der Waals surface area (Å²) < 4.78 is 5.84. The van der Waals surface area contributed by atoms with Gasteiger partial charge in [0, 0.05) is 32.7 Å². The number of nitriles is 1. The summed E-state index contributed by atoms with van der Waals surface area (Å²) in [6.07, 6.45) is 7.29. The first-order valence-electron chi connectivity index (χ1n) is 11.3. The van der Waals surface area contributed by atoms with Gasteiger partial charge in [0.1, 0.15) is 12.7 Å². The van der Waals surface area contributed by atoms with Crippen LogP contribution >= 0.6 is 0 Å². The van der Waals surface area contributed by atoms with Gasteiger partial charge >= 0.3 is 5.97 Å². The summed E-state index contributed by atoms with van der Waals surface area (Å²) in [7, 11) is 0. The Morgan fingerprint density at radius 1 is 1.03 bits per heavy atom. The summed E-state index contributed by atoms with van der Waals surface area (Å²) in [5.74, 6) is 2.42. The number of piperazine rings is 1. The fourth-order valence-electron chi connectivity index (χ4n) is 6.84. The van der Waals surface area contributed by atoms with Crippen LogP contribution < -0.4 is 4.90 Å². The van der Waals surface area contributed by atoms with Gasteiger partial charge in [0.15, 0.2) is 0 Å². The molecule has 0 amide bonds. The van der Waals surface area contributed by atoms with Crippen molar-refractivity contribution in [3.05, 3.63) is 29.8 Å². The number of rotatable bonds is 5. The molecule has 6 rings (SSSR count). The lowest BCUT2D eigenvalue weighted by Crippen LogP contribution is -2.51. The van der Waals surface area contributed by atoms with Crippen molar-refractivity contribution in [1.82, 2.24) is 4.90 Å². The second-order valence-corrected chi connectivity index (χ2v) is 9.79. The quantitative estimate of drug-likeness (QED) is 0.718. The maximum Gasteiger partial charge on any atom is 0.312 e. The highest BCUT2D eigenvalue weighted by Crippen LogP contribution is 2.60. The lowest BCUT2D eigenvalue weighted by atomic mass is 9.49. The maximum atomic E-state index is 13.0. The van der Waals surface area contributed by atoms with Crippen LogP contribution in [0.5, 0.6) is 0 Å². The molecule has 4 bridgehead atoms. The average Bonchev–Trinajstić information content (AvgIpc) is 2.73. The first kappa shape index (κ1) is 18.9. The van der Waals surface area contributed by atoms with E-state index in [-0.39, 0.29) is 11.4 Å². The van der Waals surface area contributed by atoms with Gasteiger partial charge in [-0.15, -0.1) is 0 Å². The van der Waals surface area contributed by atoms with Crippen LogP contribution in [0.4, 0.5) is 5.69 Å². The van der Waals surface area contributed by atoms with Gasteiger partial charge in [0.25, 0.3) is 0 Å². The zero-order valence-electron chi connectivity index (χ0n) is 17.2. The molecule has 1 heterocycles. The van der Waals surface area contributed by atoms with Crippen molar-refractivity contribution in [3.63, 3.8) is 0 Å². The largest absolute Gasteiger partial charge is 0.464 e. The second kappa shape index (κ2) is 7.65. The summed E-state index contributed by atoms with van der Waals surface area (Å²) in [6, 6.07) is 10.1. The van der Waals surface area contributed by atoms with Crippen LogP contribution in [-0.4, -0.2) is 50.2 Å². The Bertz CT molecular complexity index is 771. The molecule has 5 nitrogen and oxygen atoms in total. The molecule has 5 heteroatoms. The molecule has 1 aliphatic heterocycles. The summed E-state index contributed by atoms with van der Waals surface area (Å²) >= 11 is 0. The normalized spacial score (nSPS) is 33.5. The molecule has 0 spiro atoms. The zero-order valence-corrected chi connectivity index (χ0v) is 17.2. The Hall–Kier alpha value is -2.06. The lowest BCUT2D eigenvalue weighted by molar-refractivity contribution is -0.172. The molecule has 0 radical (unpaired) electrons. The lowest BCUT2D eigenvalue weighted by Gasteiger charge is -2.55. The van der Waals surface area contributed by atoms with Crippen LogP contribution in [0.3, 0.4) is 0 Å². The zero-order chi connectivity index (χ0) is 19.8. The molecule has 29 heavy (non-hydrogen) atoms. The summed E-state index contributed by atoms with van der Waals surface area (Å²) in [5, 5.41) is 9.32. The Labute approximate surface area is 173 Å². The number of nitrogens with zero attached hydrogens (tertiary/aromatic N) is 3. The molecule has 1 aromatic carbocycles. The third kappa shape index (κ3) is 3.64. The van der Waals surface area contributed by atoms with Gasteiger partial charge in [-0.2, -0.15) is 5.26 Å². The molecule has 5 fully saturated rings. The fraction of sp³-hybridized carbons (Fsp3) is 0.667. The van der Waals surface area contributed by atoms with Crippen molar-refractivity contribution in [2.75, 3.05) is 44.2 Å². The molecule has 0 atom stereocenters. The molecule has 154 valence electrons. The molecule has 4 aliphatic carbocycles. The Morgan fingerprint density at radius 3 is 2.28 bits per heavy atom. The first-order chi connectivity index (χ1) is 14.1. The summed E-state index contributed by atoms with van der Waals surface area (Å²) in [5.41, 5.74) is 1.63. The minimum absolute atomic E-state index is 0.0955. The van der Waals surface area contributed by atoms with Crippen LogP contribution in [-0.2, 0) is 9.53 Å². The van der Waals surface area contributed by atoms with Crippen molar-refractivity contribution in [3.8, 4) is 6.07 Å². The van der Waals surface area contributed by atoms with E-state index in [1.54, 1.807) is 0 Å². The standard InChI is InChI=1S/C24H31N3O2/c25-17-21-3-1-2-4-22(21)27-7-5-26(6-8-27)9-10-29-23(28)24-14-18-11-19(15-24)13-20(12-18)16-24/h1-4,18-20H,5-16H2. The smallest absolute Gasteiger partial charge is 0.312 e. The van der Waals surface area contributed by atoms with Crippen LogP contribution in [0, 0.1) is 34.5 Å². The van der Waals surface area contributed by atoms with E-state index in [1.165, 1.54) is 19.3 Å². The van der Waals surface area contributed by atoms with Gasteiger partial charge in [-0.25, -0.2) is 0 Å². The third-order valence-electron chi connectivity index (χ3n) is 7.85. The van der Waals surface area contributed by atoms with Crippen LogP contribution in [0.2, 0.25) is 0 Å². The minimum Gasteiger partial charge on any atom is -0.464 e. The predicted octanol–water partition coefficient (Wildman–Crippen LogP) is 3.44. The molecule has 0 aromatic heterocycles. The SMILES string of the molecule is N#Cc1ccccc1N1CCN(CCOC(=O)C23CC4CC(CC(C4)C2)C3)CC1. The molecule has 1 saturated heterocycles. The van der Waals surface area contributed by atoms with Crippen LogP contribution in [0.25, 0.3) is 0 Å². The number of carbonyl (C=O) groups is 1. The number of carbonyl (C=O) groups excluding carboxylic acids is 1. The molecule has 4 saturated carbocycles. The third-order valence-corrected chi connectivity index (χ3v) is 7.85. The number of para-hydroxylation sites is 1. The topological polar surface area (TPSA) is 56.6 Å². The number of hydrogen-bond acceptors (Lipinski definition) is 5. The van der Waals surface area contributed by atoms with Gasteiger partial charge in [-0.05, 0) is 68.4 Å². The number of benzene rings is 1. The van der Waals surface area contributed by atoms with Crippen molar-refractivity contribution in [2.24, 2.45) is 23.2 Å². The number of esters is 1. The Morgan fingerprint density at radius 2 is 1.66 bits per heavy atom. The van der Waals surface area contributed by atoms with Gasteiger partial charge in [-0.1, -0.05) is 12.1 Å². The Kier molecular flexibility index (Phi) is 4.99. The van der Waals surface area contributed by atoms with E-state index in [4.69, 9.17) is 4.74 Å². The van der Waals surface area contributed by atoms with Crippen LogP contribution in [0.1, 0.15) is 44.1 Å². The maximum absolute atomic E-state index is 13.0. The van der Waals surface area contributed by atoms with E-state index in [0.29, 0.717) is 6.61 Å². The van der Waals surface area contributed by atoms with E-state index in [9.17, 15) is 10.1 Å². The molecule has 1 aromatic rings. The summed E-state index contributed by atoms with van der Waals surface area (Å²) in [6.45, 7) is 5.01. The van der Waals surface area contributed by atoms with E-state index in [2.05, 4.69) is 15.9 Å². The fourth-order valence-corrected chi connectivity index (χ4v) is 6.84. The van der Waals surface area contributed by atoms with Crippen molar-refractivity contribution >= 4 is 11.7 Å². The van der Waals surface area contributed by atoms with Crippen molar-refractivity contribution in [2.45, 2.75) is 38.5 Å². The van der Waals surface area contributed by atoms with Gasteiger partial charge in [0.2, 0.25) is 0 Å². The first-order valence-corrected chi connectivity index (χ1v) is 11.3. The molecule has 0 N–H and O–H groups in total. The van der Waals surface area contributed by atoms with Crippen molar-refractivity contribution < 1.29 is 9.53 Å². The molecular formula is C24H31N3O2.